The zero-order chi connectivity index (χ0) is 17.8. The topological polar surface area (TPSA) is 87.9 Å². The van der Waals surface area contributed by atoms with Gasteiger partial charge in [0.25, 0.3) is 0 Å². The van der Waals surface area contributed by atoms with Gasteiger partial charge in [-0.3, -0.25) is 4.79 Å². The first-order valence-electron chi connectivity index (χ1n) is 8.01. The Bertz CT molecular complexity index is 1010. The van der Waals surface area contributed by atoms with E-state index < -0.39 is 11.4 Å². The van der Waals surface area contributed by atoms with E-state index in [9.17, 15) is 14.9 Å². The molecule has 3 aromatic rings. The van der Waals surface area contributed by atoms with Crippen LogP contribution in [-0.2, 0) is 17.7 Å². The van der Waals surface area contributed by atoms with Gasteiger partial charge in [-0.25, -0.2) is 4.79 Å². The van der Waals surface area contributed by atoms with Crippen molar-refractivity contribution < 1.29 is 9.53 Å². The third-order valence-electron chi connectivity index (χ3n) is 4.00. The number of nitrogens with one attached hydrogen (secondary N) is 1. The summed E-state index contributed by atoms with van der Waals surface area (Å²) in [4.78, 5) is 27.5. The molecule has 0 bridgehead atoms. The standard InChI is InChI=1S/C19H17N3O3/c1-2-25-19(24)15-11-21-18-16(17(15)23)14(10-20)12-22(18)9-8-13-6-4-3-5-7-13/h3-7,11-12H,2,8-9H2,1H3,(H,21,23). The maximum Gasteiger partial charge on any atom is 0.343 e. The summed E-state index contributed by atoms with van der Waals surface area (Å²) in [5.74, 6) is -0.688. The van der Waals surface area contributed by atoms with Crippen LogP contribution in [0.25, 0.3) is 11.0 Å². The van der Waals surface area contributed by atoms with Crippen LogP contribution in [0.5, 0.6) is 0 Å². The number of H-pyrrole nitrogens is 1. The number of carbonyl (C=O) groups excluding carboxylic acids is 1. The SMILES string of the molecule is CCOC(=O)c1c[nH]c2c(c(C#N)cn2CCc2ccccc2)c1=O. The number of ether oxygens (including phenoxy) is 1. The molecule has 25 heavy (non-hydrogen) atoms. The van der Waals surface area contributed by atoms with E-state index in [-0.39, 0.29) is 23.1 Å². The Kier molecular flexibility index (Phi) is 4.66. The van der Waals surface area contributed by atoms with Crippen LogP contribution in [0.15, 0.2) is 47.5 Å². The zero-order valence-corrected chi connectivity index (χ0v) is 13.8. The predicted molar refractivity (Wildman–Crippen MR) is 93.4 cm³/mol. The average molecular weight is 335 g/mol. The molecule has 0 saturated heterocycles. The predicted octanol–water partition coefficient (Wildman–Crippen LogP) is 2.62. The number of esters is 1. The van der Waals surface area contributed by atoms with Crippen LogP contribution in [0.1, 0.15) is 28.4 Å². The Hall–Kier alpha value is -3.33. The van der Waals surface area contributed by atoms with Gasteiger partial charge in [0.15, 0.2) is 0 Å². The van der Waals surface area contributed by atoms with E-state index in [0.717, 1.165) is 12.0 Å². The van der Waals surface area contributed by atoms with Gasteiger partial charge in [-0.2, -0.15) is 5.26 Å². The van der Waals surface area contributed by atoms with Gasteiger partial charge in [-0.15, -0.1) is 0 Å². The number of aryl methyl sites for hydroxylation is 2. The molecule has 2 aromatic heterocycles. The fourth-order valence-electron chi connectivity index (χ4n) is 2.80. The van der Waals surface area contributed by atoms with Crippen molar-refractivity contribution in [1.82, 2.24) is 9.55 Å². The molecule has 6 heteroatoms. The number of carbonyl (C=O) groups is 1. The second kappa shape index (κ2) is 7.05. The molecule has 0 radical (unpaired) electrons. The molecule has 3 rings (SSSR count). The van der Waals surface area contributed by atoms with Crippen molar-refractivity contribution in [2.75, 3.05) is 6.61 Å². The summed E-state index contributed by atoms with van der Waals surface area (Å²) in [5, 5.41) is 9.58. The number of nitriles is 1. The van der Waals surface area contributed by atoms with Gasteiger partial charge in [0.1, 0.15) is 17.3 Å². The van der Waals surface area contributed by atoms with E-state index in [1.54, 1.807) is 13.1 Å². The molecule has 0 fully saturated rings. The van der Waals surface area contributed by atoms with Crippen molar-refractivity contribution in [3.8, 4) is 6.07 Å². The molecule has 0 atom stereocenters. The molecule has 126 valence electrons. The van der Waals surface area contributed by atoms with Gasteiger partial charge in [0.2, 0.25) is 5.43 Å². The molecule has 1 aromatic carbocycles. The number of hydrogen-bond donors (Lipinski definition) is 1. The lowest BCUT2D eigenvalue weighted by Gasteiger charge is -2.06. The Morgan fingerprint density at radius 3 is 2.76 bits per heavy atom. The number of nitrogens with zero attached hydrogens (tertiary/aromatic N) is 2. The number of pyridine rings is 1. The van der Waals surface area contributed by atoms with Crippen molar-refractivity contribution >= 4 is 17.0 Å². The summed E-state index contributed by atoms with van der Waals surface area (Å²) in [7, 11) is 0. The lowest BCUT2D eigenvalue weighted by Crippen LogP contribution is -2.18. The molecule has 6 nitrogen and oxygen atoms in total. The largest absolute Gasteiger partial charge is 0.462 e. The Morgan fingerprint density at radius 1 is 1.32 bits per heavy atom. The number of aromatic amines is 1. The highest BCUT2D eigenvalue weighted by Crippen LogP contribution is 2.17. The van der Waals surface area contributed by atoms with E-state index in [1.807, 2.05) is 41.0 Å². The van der Waals surface area contributed by atoms with E-state index in [0.29, 0.717) is 12.2 Å². The summed E-state index contributed by atoms with van der Waals surface area (Å²) in [6, 6.07) is 12.0. The van der Waals surface area contributed by atoms with Crippen LogP contribution < -0.4 is 5.43 Å². The van der Waals surface area contributed by atoms with Crippen LogP contribution in [0.4, 0.5) is 0 Å². The average Bonchev–Trinajstić information content (AvgIpc) is 3.00. The van der Waals surface area contributed by atoms with Crippen LogP contribution in [0.2, 0.25) is 0 Å². The van der Waals surface area contributed by atoms with Crippen LogP contribution in [0, 0.1) is 11.3 Å². The Balaban J connectivity index is 2.01. The molecule has 0 saturated carbocycles. The number of rotatable bonds is 5. The summed E-state index contributed by atoms with van der Waals surface area (Å²) in [6.45, 7) is 2.46. The summed E-state index contributed by atoms with van der Waals surface area (Å²) < 4.78 is 6.73. The van der Waals surface area contributed by atoms with E-state index in [1.165, 1.54) is 6.20 Å². The number of hydrogen-bond acceptors (Lipinski definition) is 4. The van der Waals surface area contributed by atoms with Crippen molar-refractivity contribution in [2.24, 2.45) is 0 Å². The molecule has 2 heterocycles. The monoisotopic (exact) mass is 335 g/mol. The summed E-state index contributed by atoms with van der Waals surface area (Å²) in [5.41, 5.74) is 1.36. The number of aromatic nitrogens is 2. The van der Waals surface area contributed by atoms with E-state index in [2.05, 4.69) is 4.98 Å². The maximum atomic E-state index is 12.6. The van der Waals surface area contributed by atoms with Gasteiger partial charge >= 0.3 is 5.97 Å². The van der Waals surface area contributed by atoms with Crippen molar-refractivity contribution in [3.63, 3.8) is 0 Å². The maximum absolute atomic E-state index is 12.6. The van der Waals surface area contributed by atoms with Crippen LogP contribution in [-0.4, -0.2) is 22.1 Å². The van der Waals surface area contributed by atoms with Gasteiger partial charge in [0, 0.05) is 18.9 Å². The van der Waals surface area contributed by atoms with Crippen molar-refractivity contribution in [3.05, 3.63) is 69.6 Å². The molecule has 0 amide bonds. The highest BCUT2D eigenvalue weighted by Gasteiger charge is 2.19. The minimum absolute atomic E-state index is 0.0911. The fourth-order valence-corrected chi connectivity index (χ4v) is 2.80. The highest BCUT2D eigenvalue weighted by molar-refractivity contribution is 5.94. The molecular formula is C19H17N3O3. The Labute approximate surface area is 144 Å². The normalized spacial score (nSPS) is 10.6. The van der Waals surface area contributed by atoms with Gasteiger partial charge < -0.3 is 14.3 Å². The second-order valence-electron chi connectivity index (χ2n) is 5.56. The summed E-state index contributed by atoms with van der Waals surface area (Å²) in [6.07, 6.45) is 3.75. The van der Waals surface area contributed by atoms with Gasteiger partial charge in [-0.1, -0.05) is 30.3 Å². The summed E-state index contributed by atoms with van der Waals surface area (Å²) >= 11 is 0. The first kappa shape index (κ1) is 16.5. The van der Waals surface area contributed by atoms with Gasteiger partial charge in [0.05, 0.1) is 17.6 Å². The fraction of sp³-hybridized carbons (Fsp3) is 0.211. The molecule has 0 unspecified atom stereocenters. The van der Waals surface area contributed by atoms with Crippen molar-refractivity contribution in [2.45, 2.75) is 19.9 Å². The highest BCUT2D eigenvalue weighted by atomic mass is 16.5. The first-order chi connectivity index (χ1) is 12.2. The minimum atomic E-state index is -0.688. The molecule has 0 aliphatic carbocycles. The zero-order valence-electron chi connectivity index (χ0n) is 13.8. The van der Waals surface area contributed by atoms with Crippen LogP contribution >= 0.6 is 0 Å². The van der Waals surface area contributed by atoms with Crippen molar-refractivity contribution in [1.29, 1.82) is 5.26 Å². The van der Waals surface area contributed by atoms with Crippen LogP contribution in [0.3, 0.4) is 0 Å². The minimum Gasteiger partial charge on any atom is -0.462 e. The quantitative estimate of drug-likeness (QED) is 0.726. The number of benzene rings is 1. The third-order valence-corrected chi connectivity index (χ3v) is 4.00. The molecule has 0 aliphatic heterocycles. The third kappa shape index (κ3) is 3.17. The molecular weight excluding hydrogens is 318 g/mol. The first-order valence-corrected chi connectivity index (χ1v) is 8.01. The van der Waals surface area contributed by atoms with Gasteiger partial charge in [-0.05, 0) is 18.9 Å². The lowest BCUT2D eigenvalue weighted by atomic mass is 10.1. The molecule has 1 N–H and O–H groups in total. The second-order valence-corrected chi connectivity index (χ2v) is 5.56. The number of fused-ring (bicyclic) bond motifs is 1. The van der Waals surface area contributed by atoms with E-state index >= 15 is 0 Å². The molecule has 0 aliphatic rings. The lowest BCUT2D eigenvalue weighted by molar-refractivity contribution is 0.0524. The Morgan fingerprint density at radius 2 is 2.08 bits per heavy atom. The molecule has 0 spiro atoms. The smallest absolute Gasteiger partial charge is 0.343 e. The van der Waals surface area contributed by atoms with E-state index in [4.69, 9.17) is 4.74 Å².